The van der Waals surface area contributed by atoms with Gasteiger partial charge < -0.3 is 4.79 Å². The molecule has 0 radical (unpaired) electrons. The molecule has 0 aromatic carbocycles. The van der Waals surface area contributed by atoms with Gasteiger partial charge in [0.15, 0.2) is 0 Å². The van der Waals surface area contributed by atoms with Gasteiger partial charge in [-0.1, -0.05) is 18.2 Å². The van der Waals surface area contributed by atoms with Crippen LogP contribution in [0.25, 0.3) is 0 Å². The van der Waals surface area contributed by atoms with Crippen molar-refractivity contribution < 1.29 is 4.79 Å². The molecule has 0 rings (SSSR count). The highest BCUT2D eigenvalue weighted by Crippen LogP contribution is 1.97. The van der Waals surface area contributed by atoms with Gasteiger partial charge >= 0.3 is 0 Å². The van der Waals surface area contributed by atoms with Gasteiger partial charge in [-0.2, -0.15) is 0 Å². The van der Waals surface area contributed by atoms with E-state index in [1.54, 1.807) is 18.2 Å². The zero-order valence-electron chi connectivity index (χ0n) is 7.28. The molecule has 0 aromatic heterocycles. The second-order valence-electron chi connectivity index (χ2n) is 2.39. The molecule has 0 aromatic rings. The summed E-state index contributed by atoms with van der Waals surface area (Å²) in [6, 6.07) is -0.235. The SMILES string of the molecule is C=CCN(CC=C)C(C=C)C=O. The molecule has 0 N–H and O–H groups in total. The van der Waals surface area contributed by atoms with E-state index < -0.39 is 0 Å². The van der Waals surface area contributed by atoms with Gasteiger partial charge in [0, 0.05) is 13.1 Å². The summed E-state index contributed by atoms with van der Waals surface area (Å²) < 4.78 is 0. The molecule has 66 valence electrons. The maximum atomic E-state index is 10.5. The van der Waals surface area contributed by atoms with Crippen LogP contribution in [0.15, 0.2) is 38.0 Å². The lowest BCUT2D eigenvalue weighted by molar-refractivity contribution is -0.110. The van der Waals surface area contributed by atoms with Crippen molar-refractivity contribution >= 4 is 6.29 Å². The second kappa shape index (κ2) is 6.55. The molecular formula is C10H15NO. The summed E-state index contributed by atoms with van der Waals surface area (Å²) in [5.74, 6) is 0. The van der Waals surface area contributed by atoms with Crippen molar-refractivity contribution in [2.75, 3.05) is 13.1 Å². The average molecular weight is 165 g/mol. The van der Waals surface area contributed by atoms with Crippen molar-refractivity contribution in [3.8, 4) is 0 Å². The highest BCUT2D eigenvalue weighted by atomic mass is 16.1. The molecule has 0 aliphatic heterocycles. The zero-order valence-corrected chi connectivity index (χ0v) is 7.28. The number of nitrogens with zero attached hydrogens (tertiary/aromatic N) is 1. The van der Waals surface area contributed by atoms with E-state index in [2.05, 4.69) is 19.7 Å². The van der Waals surface area contributed by atoms with Gasteiger partial charge in [-0.3, -0.25) is 4.90 Å². The van der Waals surface area contributed by atoms with Crippen molar-refractivity contribution in [2.45, 2.75) is 6.04 Å². The van der Waals surface area contributed by atoms with Gasteiger partial charge in [-0.15, -0.1) is 19.7 Å². The second-order valence-corrected chi connectivity index (χ2v) is 2.39. The molecule has 0 aliphatic carbocycles. The molecule has 0 aliphatic rings. The highest BCUT2D eigenvalue weighted by Gasteiger charge is 2.10. The lowest BCUT2D eigenvalue weighted by atomic mass is 10.2. The van der Waals surface area contributed by atoms with E-state index in [4.69, 9.17) is 0 Å². The predicted molar refractivity (Wildman–Crippen MR) is 52.0 cm³/mol. The van der Waals surface area contributed by atoms with Crippen LogP contribution < -0.4 is 0 Å². The van der Waals surface area contributed by atoms with Crippen molar-refractivity contribution in [2.24, 2.45) is 0 Å². The predicted octanol–water partition coefficient (Wildman–Crippen LogP) is 1.41. The Morgan fingerprint density at radius 1 is 1.17 bits per heavy atom. The van der Waals surface area contributed by atoms with E-state index >= 15 is 0 Å². The number of aldehydes is 1. The Hall–Kier alpha value is -1.15. The van der Waals surface area contributed by atoms with Crippen molar-refractivity contribution in [1.82, 2.24) is 4.90 Å². The monoisotopic (exact) mass is 165 g/mol. The zero-order chi connectivity index (χ0) is 9.40. The topological polar surface area (TPSA) is 20.3 Å². The van der Waals surface area contributed by atoms with Crippen LogP contribution in [0.3, 0.4) is 0 Å². The molecule has 0 heterocycles. The summed E-state index contributed by atoms with van der Waals surface area (Å²) in [5.41, 5.74) is 0. The average Bonchev–Trinajstić information content (AvgIpc) is 2.07. The summed E-state index contributed by atoms with van der Waals surface area (Å²) >= 11 is 0. The third-order valence-corrected chi connectivity index (χ3v) is 1.53. The van der Waals surface area contributed by atoms with Crippen LogP contribution in [0.1, 0.15) is 0 Å². The Labute approximate surface area is 73.9 Å². The lowest BCUT2D eigenvalue weighted by Crippen LogP contribution is -2.35. The fraction of sp³-hybridized carbons (Fsp3) is 0.300. The molecule has 0 saturated carbocycles. The molecule has 2 nitrogen and oxygen atoms in total. The van der Waals surface area contributed by atoms with E-state index in [1.165, 1.54) is 0 Å². The van der Waals surface area contributed by atoms with Gasteiger partial charge in [0.25, 0.3) is 0 Å². The van der Waals surface area contributed by atoms with Crippen molar-refractivity contribution in [3.05, 3.63) is 38.0 Å². The standard InChI is InChI=1S/C10H15NO/c1-4-7-11(8-5-2)10(6-3)9-12/h4-6,9-10H,1-3,7-8H2. The summed E-state index contributed by atoms with van der Waals surface area (Å²) in [7, 11) is 0. The summed E-state index contributed by atoms with van der Waals surface area (Å²) in [4.78, 5) is 12.5. The van der Waals surface area contributed by atoms with Gasteiger partial charge in [-0.25, -0.2) is 0 Å². The molecule has 0 fully saturated rings. The van der Waals surface area contributed by atoms with E-state index in [0.29, 0.717) is 13.1 Å². The van der Waals surface area contributed by atoms with Crippen LogP contribution in [0.2, 0.25) is 0 Å². The van der Waals surface area contributed by atoms with Gasteiger partial charge in [-0.05, 0) is 0 Å². The largest absolute Gasteiger partial charge is 0.301 e. The van der Waals surface area contributed by atoms with Crippen LogP contribution in [0.4, 0.5) is 0 Å². The highest BCUT2D eigenvalue weighted by molar-refractivity contribution is 5.60. The Morgan fingerprint density at radius 3 is 1.92 bits per heavy atom. The minimum atomic E-state index is -0.235. The number of rotatable bonds is 7. The minimum absolute atomic E-state index is 0.235. The molecule has 2 heteroatoms. The Morgan fingerprint density at radius 2 is 1.67 bits per heavy atom. The van der Waals surface area contributed by atoms with Crippen LogP contribution in [0, 0.1) is 0 Å². The minimum Gasteiger partial charge on any atom is -0.301 e. The third kappa shape index (κ3) is 3.30. The van der Waals surface area contributed by atoms with E-state index in [-0.39, 0.29) is 6.04 Å². The summed E-state index contributed by atoms with van der Waals surface area (Å²) in [6.07, 6.45) is 5.98. The molecule has 0 spiro atoms. The number of carbonyl (C=O) groups is 1. The number of hydrogen-bond donors (Lipinski definition) is 0. The van der Waals surface area contributed by atoms with Gasteiger partial charge in [0.1, 0.15) is 6.29 Å². The Kier molecular flexibility index (Phi) is 5.93. The summed E-state index contributed by atoms with van der Waals surface area (Å²) in [5, 5.41) is 0. The van der Waals surface area contributed by atoms with Crippen molar-refractivity contribution in [1.29, 1.82) is 0 Å². The Balaban J connectivity index is 4.21. The first kappa shape index (κ1) is 10.8. The third-order valence-electron chi connectivity index (χ3n) is 1.53. The van der Waals surface area contributed by atoms with Crippen LogP contribution in [-0.4, -0.2) is 30.3 Å². The van der Waals surface area contributed by atoms with Gasteiger partial charge in [0.05, 0.1) is 6.04 Å². The van der Waals surface area contributed by atoms with Gasteiger partial charge in [0.2, 0.25) is 0 Å². The molecule has 1 atom stereocenters. The first-order valence-electron chi connectivity index (χ1n) is 3.83. The van der Waals surface area contributed by atoms with Crippen LogP contribution in [0.5, 0.6) is 0 Å². The molecule has 1 unspecified atom stereocenters. The molecular weight excluding hydrogens is 150 g/mol. The van der Waals surface area contributed by atoms with Crippen molar-refractivity contribution in [3.63, 3.8) is 0 Å². The smallest absolute Gasteiger partial charge is 0.141 e. The quantitative estimate of drug-likeness (QED) is 0.420. The first-order chi connectivity index (χ1) is 5.79. The molecule has 0 saturated heterocycles. The van der Waals surface area contributed by atoms with Crippen LogP contribution >= 0.6 is 0 Å². The fourth-order valence-corrected chi connectivity index (χ4v) is 0.940. The molecule has 0 amide bonds. The maximum Gasteiger partial charge on any atom is 0.141 e. The maximum absolute atomic E-state index is 10.5. The summed E-state index contributed by atoms with van der Waals surface area (Å²) in [6.45, 7) is 12.1. The molecule has 12 heavy (non-hydrogen) atoms. The lowest BCUT2D eigenvalue weighted by Gasteiger charge is -2.22. The van der Waals surface area contributed by atoms with E-state index in [1.807, 2.05) is 4.90 Å². The number of carbonyl (C=O) groups excluding carboxylic acids is 1. The van der Waals surface area contributed by atoms with E-state index in [0.717, 1.165) is 6.29 Å². The fourth-order valence-electron chi connectivity index (χ4n) is 0.940. The molecule has 0 bridgehead atoms. The number of hydrogen-bond acceptors (Lipinski definition) is 2. The normalized spacial score (nSPS) is 12.1. The van der Waals surface area contributed by atoms with E-state index in [9.17, 15) is 4.79 Å². The van der Waals surface area contributed by atoms with Crippen LogP contribution in [-0.2, 0) is 4.79 Å². The first-order valence-corrected chi connectivity index (χ1v) is 3.83. The Bertz CT molecular complexity index is 157.